The van der Waals surface area contributed by atoms with E-state index in [1.54, 1.807) is 31.2 Å². The summed E-state index contributed by atoms with van der Waals surface area (Å²) in [6.07, 6.45) is 3.43. The minimum absolute atomic E-state index is 0.121. The SMILES string of the molecule is CC(CCCCCN1C(=O)c2ccccc2C1=O)NC(C)C(=O)O. The molecule has 1 aliphatic heterocycles. The zero-order valence-electron chi connectivity index (χ0n) is 14.1. The number of carboxylic acid groups (broad SMARTS) is 1. The molecule has 2 unspecified atom stereocenters. The van der Waals surface area contributed by atoms with Crippen LogP contribution in [-0.4, -0.2) is 46.4 Å². The summed E-state index contributed by atoms with van der Waals surface area (Å²) in [7, 11) is 0. The number of nitrogens with one attached hydrogen (secondary N) is 1. The molecule has 24 heavy (non-hydrogen) atoms. The van der Waals surface area contributed by atoms with Crippen LogP contribution in [-0.2, 0) is 4.79 Å². The Morgan fingerprint density at radius 2 is 1.67 bits per heavy atom. The normalized spacial score (nSPS) is 16.2. The molecule has 1 heterocycles. The summed E-state index contributed by atoms with van der Waals surface area (Å²) in [4.78, 5) is 36.5. The second-order valence-electron chi connectivity index (χ2n) is 6.28. The van der Waals surface area contributed by atoms with Crippen molar-refractivity contribution < 1.29 is 19.5 Å². The highest BCUT2D eigenvalue weighted by atomic mass is 16.4. The molecular formula is C18H24N2O4. The van der Waals surface area contributed by atoms with Crippen molar-refractivity contribution >= 4 is 17.8 Å². The third-order valence-corrected chi connectivity index (χ3v) is 4.30. The van der Waals surface area contributed by atoms with E-state index >= 15 is 0 Å². The quantitative estimate of drug-likeness (QED) is 0.535. The molecule has 1 aromatic carbocycles. The Morgan fingerprint density at radius 3 is 2.21 bits per heavy atom. The van der Waals surface area contributed by atoms with E-state index in [1.807, 2.05) is 6.92 Å². The van der Waals surface area contributed by atoms with Crippen molar-refractivity contribution in [3.63, 3.8) is 0 Å². The molecule has 6 nitrogen and oxygen atoms in total. The van der Waals surface area contributed by atoms with Crippen molar-refractivity contribution in [2.45, 2.75) is 51.6 Å². The van der Waals surface area contributed by atoms with Crippen LogP contribution in [0.25, 0.3) is 0 Å². The van der Waals surface area contributed by atoms with E-state index in [-0.39, 0.29) is 17.9 Å². The third-order valence-electron chi connectivity index (χ3n) is 4.30. The summed E-state index contributed by atoms with van der Waals surface area (Å²) in [6.45, 7) is 4.02. The van der Waals surface area contributed by atoms with Crippen molar-refractivity contribution in [1.82, 2.24) is 10.2 Å². The van der Waals surface area contributed by atoms with Gasteiger partial charge in [-0.2, -0.15) is 0 Å². The van der Waals surface area contributed by atoms with Gasteiger partial charge in [0.05, 0.1) is 11.1 Å². The average molecular weight is 332 g/mol. The van der Waals surface area contributed by atoms with Crippen molar-refractivity contribution in [3.05, 3.63) is 35.4 Å². The number of fused-ring (bicyclic) bond motifs is 1. The van der Waals surface area contributed by atoms with Crippen LogP contribution in [0.1, 0.15) is 60.2 Å². The first-order chi connectivity index (χ1) is 11.4. The lowest BCUT2D eigenvalue weighted by Crippen LogP contribution is -2.39. The second-order valence-corrected chi connectivity index (χ2v) is 6.28. The lowest BCUT2D eigenvalue weighted by molar-refractivity contribution is -0.139. The maximum atomic E-state index is 12.2. The summed E-state index contributed by atoms with van der Waals surface area (Å²) in [5, 5.41) is 11.9. The van der Waals surface area contributed by atoms with Gasteiger partial charge in [-0.3, -0.25) is 19.3 Å². The molecule has 2 amide bonds. The number of carbonyl (C=O) groups excluding carboxylic acids is 2. The fraction of sp³-hybridized carbons (Fsp3) is 0.500. The highest BCUT2D eigenvalue weighted by Crippen LogP contribution is 2.22. The number of aliphatic carboxylic acids is 1. The number of rotatable bonds is 9. The molecule has 130 valence electrons. The standard InChI is InChI=1S/C18H24N2O4/c1-12(19-13(2)18(23)24)8-4-3-7-11-20-16(21)14-9-5-6-10-15(14)17(20)22/h5-6,9-10,12-13,19H,3-4,7-8,11H2,1-2H3,(H,23,24). The minimum Gasteiger partial charge on any atom is -0.480 e. The van der Waals surface area contributed by atoms with Crippen LogP contribution in [0.2, 0.25) is 0 Å². The molecule has 6 heteroatoms. The first-order valence-corrected chi connectivity index (χ1v) is 8.36. The maximum absolute atomic E-state index is 12.2. The number of amides is 2. The highest BCUT2D eigenvalue weighted by Gasteiger charge is 2.34. The van der Waals surface area contributed by atoms with Gasteiger partial charge >= 0.3 is 5.97 Å². The average Bonchev–Trinajstić information content (AvgIpc) is 2.79. The second kappa shape index (κ2) is 8.06. The number of nitrogens with zero attached hydrogens (tertiary/aromatic N) is 1. The van der Waals surface area contributed by atoms with E-state index in [0.29, 0.717) is 17.7 Å². The van der Waals surface area contributed by atoms with Crippen molar-refractivity contribution in [2.24, 2.45) is 0 Å². The van der Waals surface area contributed by atoms with Gasteiger partial charge in [-0.15, -0.1) is 0 Å². The predicted octanol–water partition coefficient (Wildman–Crippen LogP) is 2.29. The Morgan fingerprint density at radius 1 is 1.08 bits per heavy atom. The van der Waals surface area contributed by atoms with Crippen LogP contribution in [0.5, 0.6) is 0 Å². The first kappa shape index (κ1) is 18.1. The van der Waals surface area contributed by atoms with E-state index in [9.17, 15) is 14.4 Å². The molecule has 0 saturated heterocycles. The number of hydrogen-bond acceptors (Lipinski definition) is 4. The molecule has 0 fully saturated rings. The molecule has 2 atom stereocenters. The summed E-state index contributed by atoms with van der Waals surface area (Å²) < 4.78 is 0. The highest BCUT2D eigenvalue weighted by molar-refractivity contribution is 6.21. The predicted molar refractivity (Wildman–Crippen MR) is 90.0 cm³/mol. The van der Waals surface area contributed by atoms with E-state index in [2.05, 4.69) is 5.32 Å². The maximum Gasteiger partial charge on any atom is 0.320 e. The Labute approximate surface area is 141 Å². The summed E-state index contributed by atoms with van der Waals surface area (Å²) in [5.74, 6) is -1.27. The fourth-order valence-electron chi connectivity index (χ4n) is 2.92. The fourth-order valence-corrected chi connectivity index (χ4v) is 2.92. The van der Waals surface area contributed by atoms with Crippen molar-refractivity contribution in [2.75, 3.05) is 6.54 Å². The van der Waals surface area contributed by atoms with Crippen LogP contribution < -0.4 is 5.32 Å². The van der Waals surface area contributed by atoms with Gasteiger partial charge in [0.25, 0.3) is 11.8 Å². The Kier molecular flexibility index (Phi) is 6.09. The van der Waals surface area contributed by atoms with E-state index in [0.717, 1.165) is 25.7 Å². The molecule has 0 aromatic heterocycles. The van der Waals surface area contributed by atoms with Crippen LogP contribution in [0, 0.1) is 0 Å². The van der Waals surface area contributed by atoms with Gasteiger partial charge in [0.1, 0.15) is 6.04 Å². The molecule has 1 aromatic rings. The zero-order chi connectivity index (χ0) is 17.7. The van der Waals surface area contributed by atoms with Gasteiger partial charge in [0, 0.05) is 12.6 Å². The van der Waals surface area contributed by atoms with Gasteiger partial charge in [-0.25, -0.2) is 0 Å². The monoisotopic (exact) mass is 332 g/mol. The Bertz CT molecular complexity index is 594. The number of benzene rings is 1. The van der Waals surface area contributed by atoms with E-state index in [1.165, 1.54) is 4.90 Å². The minimum atomic E-state index is -0.854. The van der Waals surface area contributed by atoms with Gasteiger partial charge < -0.3 is 10.4 Å². The number of carbonyl (C=O) groups is 3. The van der Waals surface area contributed by atoms with Crippen molar-refractivity contribution in [1.29, 1.82) is 0 Å². The van der Waals surface area contributed by atoms with Gasteiger partial charge in [0.15, 0.2) is 0 Å². The Balaban J connectivity index is 1.70. The number of hydrogen-bond donors (Lipinski definition) is 2. The lowest BCUT2D eigenvalue weighted by Gasteiger charge is -2.17. The first-order valence-electron chi connectivity index (χ1n) is 8.36. The molecule has 0 spiro atoms. The third kappa shape index (κ3) is 4.20. The molecule has 2 N–H and O–H groups in total. The summed E-state index contributed by atoms with van der Waals surface area (Å²) in [6, 6.07) is 6.47. The smallest absolute Gasteiger partial charge is 0.320 e. The number of carboxylic acids is 1. The van der Waals surface area contributed by atoms with Crippen LogP contribution in [0.3, 0.4) is 0 Å². The number of unbranched alkanes of at least 4 members (excludes halogenated alkanes) is 2. The molecule has 0 aliphatic carbocycles. The topological polar surface area (TPSA) is 86.7 Å². The largest absolute Gasteiger partial charge is 0.480 e. The summed E-state index contributed by atoms with van der Waals surface area (Å²) in [5.41, 5.74) is 0.978. The van der Waals surface area contributed by atoms with Gasteiger partial charge in [-0.1, -0.05) is 25.0 Å². The molecule has 2 rings (SSSR count). The molecular weight excluding hydrogens is 308 g/mol. The van der Waals surface area contributed by atoms with Gasteiger partial charge in [0.2, 0.25) is 0 Å². The van der Waals surface area contributed by atoms with E-state index < -0.39 is 12.0 Å². The molecule has 1 aliphatic rings. The summed E-state index contributed by atoms with van der Waals surface area (Å²) >= 11 is 0. The van der Waals surface area contributed by atoms with E-state index in [4.69, 9.17) is 5.11 Å². The lowest BCUT2D eigenvalue weighted by atomic mass is 10.1. The van der Waals surface area contributed by atoms with Crippen LogP contribution in [0.15, 0.2) is 24.3 Å². The van der Waals surface area contributed by atoms with Gasteiger partial charge in [-0.05, 0) is 38.8 Å². The zero-order valence-corrected chi connectivity index (χ0v) is 14.1. The Hall–Kier alpha value is -2.21. The van der Waals surface area contributed by atoms with Crippen molar-refractivity contribution in [3.8, 4) is 0 Å². The molecule has 0 radical (unpaired) electrons. The molecule has 0 saturated carbocycles. The van der Waals surface area contributed by atoms with Crippen LogP contribution in [0.4, 0.5) is 0 Å². The molecule has 0 bridgehead atoms. The number of imide groups is 1. The van der Waals surface area contributed by atoms with Crippen LogP contribution >= 0.6 is 0 Å².